The largest absolute Gasteiger partial charge is 0.507 e. The lowest BCUT2D eigenvalue weighted by Crippen LogP contribution is -2.12. The van der Waals surface area contributed by atoms with Crippen LogP contribution in [0.1, 0.15) is 31.9 Å². The normalized spacial score (nSPS) is 11.6. The molecule has 0 saturated heterocycles. The Morgan fingerprint density at radius 3 is 2.37 bits per heavy atom. The number of ether oxygens (including phenoxy) is 2. The fourth-order valence-corrected chi connectivity index (χ4v) is 1.67. The van der Waals surface area contributed by atoms with Crippen molar-refractivity contribution in [2.75, 3.05) is 14.2 Å². The molecule has 0 atom stereocenters. The summed E-state index contributed by atoms with van der Waals surface area (Å²) in [6, 6.07) is 3.47. The van der Waals surface area contributed by atoms with Crippen molar-refractivity contribution in [2.24, 2.45) is 0 Å². The van der Waals surface area contributed by atoms with Crippen LogP contribution < -0.4 is 4.74 Å². The fraction of sp³-hybridized carbons (Fsp3) is 0.400. The molecule has 1 aromatic carbocycles. The van der Waals surface area contributed by atoms with Gasteiger partial charge in [0.1, 0.15) is 11.5 Å². The summed E-state index contributed by atoms with van der Waals surface area (Å²) in [5.41, 5.74) is 1.05. The Balaban J connectivity index is 3.32. The van der Waals surface area contributed by atoms with Crippen LogP contribution in [0.5, 0.6) is 11.5 Å². The van der Waals surface area contributed by atoms with E-state index >= 15 is 0 Å². The summed E-state index contributed by atoms with van der Waals surface area (Å²) in [5.74, 6) is 0.306. The second kappa shape index (κ2) is 5.78. The molecule has 0 bridgehead atoms. The first kappa shape index (κ1) is 15.1. The number of benzene rings is 1. The van der Waals surface area contributed by atoms with Gasteiger partial charge in [-0.25, -0.2) is 4.79 Å². The molecule has 0 saturated carbocycles. The van der Waals surface area contributed by atoms with Gasteiger partial charge in [-0.2, -0.15) is 0 Å². The standard InChI is InChI=1S/C15H20O4/c1-15(2,3)12-9-11(18-4)8-10(14(12)17)6-7-13(16)19-5/h6-9,17H,1-5H3. The quantitative estimate of drug-likeness (QED) is 0.673. The van der Waals surface area contributed by atoms with Gasteiger partial charge in [0.05, 0.1) is 14.2 Å². The molecule has 0 aliphatic rings. The molecule has 4 heteroatoms. The van der Waals surface area contributed by atoms with E-state index in [2.05, 4.69) is 4.74 Å². The minimum Gasteiger partial charge on any atom is -0.507 e. The zero-order chi connectivity index (χ0) is 14.6. The van der Waals surface area contributed by atoms with E-state index in [-0.39, 0.29) is 11.2 Å². The average Bonchev–Trinajstić information content (AvgIpc) is 2.35. The summed E-state index contributed by atoms with van der Waals surface area (Å²) in [4.78, 5) is 11.1. The monoisotopic (exact) mass is 264 g/mol. The van der Waals surface area contributed by atoms with Crippen LogP contribution in [-0.4, -0.2) is 25.3 Å². The summed E-state index contributed by atoms with van der Waals surface area (Å²) in [5, 5.41) is 10.3. The number of phenols is 1. The number of rotatable bonds is 3. The first-order valence-electron chi connectivity index (χ1n) is 5.97. The summed E-state index contributed by atoms with van der Waals surface area (Å²) >= 11 is 0. The SMILES string of the molecule is COC(=O)C=Cc1cc(OC)cc(C(C)(C)C)c1O. The summed E-state index contributed by atoms with van der Waals surface area (Å²) in [6.07, 6.45) is 2.78. The maximum atomic E-state index is 11.1. The number of hydrogen-bond acceptors (Lipinski definition) is 4. The number of esters is 1. The van der Waals surface area contributed by atoms with Crippen LogP contribution in [0.25, 0.3) is 6.08 Å². The lowest BCUT2D eigenvalue weighted by molar-refractivity contribution is -0.134. The lowest BCUT2D eigenvalue weighted by Gasteiger charge is -2.22. The third-order valence-corrected chi connectivity index (χ3v) is 2.76. The van der Waals surface area contributed by atoms with E-state index in [0.29, 0.717) is 11.3 Å². The maximum Gasteiger partial charge on any atom is 0.330 e. The van der Waals surface area contributed by atoms with E-state index < -0.39 is 5.97 Å². The van der Waals surface area contributed by atoms with Gasteiger partial charge in [0, 0.05) is 17.2 Å². The number of phenolic OH excluding ortho intramolecular Hbond substituents is 1. The van der Waals surface area contributed by atoms with Crippen molar-refractivity contribution in [1.82, 2.24) is 0 Å². The van der Waals surface area contributed by atoms with Crippen LogP contribution in [0, 0.1) is 0 Å². The highest BCUT2D eigenvalue weighted by Gasteiger charge is 2.21. The van der Waals surface area contributed by atoms with E-state index in [1.54, 1.807) is 19.2 Å². The van der Waals surface area contributed by atoms with Gasteiger partial charge in [-0.1, -0.05) is 20.8 Å². The Morgan fingerprint density at radius 2 is 1.89 bits per heavy atom. The zero-order valence-corrected chi connectivity index (χ0v) is 12.0. The molecular formula is C15H20O4. The predicted octanol–water partition coefficient (Wildman–Crippen LogP) is 2.88. The van der Waals surface area contributed by atoms with E-state index in [0.717, 1.165) is 5.56 Å². The average molecular weight is 264 g/mol. The van der Waals surface area contributed by atoms with Crippen molar-refractivity contribution in [3.8, 4) is 11.5 Å². The molecule has 0 spiro atoms. The molecule has 104 valence electrons. The molecular weight excluding hydrogens is 244 g/mol. The summed E-state index contributed by atoms with van der Waals surface area (Å²) in [6.45, 7) is 5.99. The third kappa shape index (κ3) is 3.74. The Kier molecular flexibility index (Phi) is 4.59. The molecule has 0 heterocycles. The van der Waals surface area contributed by atoms with Crippen LogP contribution in [0.4, 0.5) is 0 Å². The first-order chi connectivity index (χ1) is 8.79. The summed E-state index contributed by atoms with van der Waals surface area (Å²) in [7, 11) is 2.87. The third-order valence-electron chi connectivity index (χ3n) is 2.76. The van der Waals surface area contributed by atoms with Gasteiger partial charge >= 0.3 is 5.97 Å². The Labute approximate surface area is 113 Å². The number of carbonyl (C=O) groups excluding carboxylic acids is 1. The second-order valence-electron chi connectivity index (χ2n) is 5.22. The van der Waals surface area contributed by atoms with E-state index in [4.69, 9.17) is 4.74 Å². The molecule has 0 fully saturated rings. The van der Waals surface area contributed by atoms with Crippen LogP contribution in [0.2, 0.25) is 0 Å². The maximum absolute atomic E-state index is 11.1. The molecule has 4 nitrogen and oxygen atoms in total. The second-order valence-corrected chi connectivity index (χ2v) is 5.22. The fourth-order valence-electron chi connectivity index (χ4n) is 1.67. The van der Waals surface area contributed by atoms with Gasteiger partial charge in [-0.05, 0) is 23.6 Å². The molecule has 0 amide bonds. The number of aromatic hydroxyl groups is 1. The highest BCUT2D eigenvalue weighted by molar-refractivity contribution is 5.87. The van der Waals surface area contributed by atoms with E-state index in [9.17, 15) is 9.90 Å². The van der Waals surface area contributed by atoms with Crippen LogP contribution >= 0.6 is 0 Å². The van der Waals surface area contributed by atoms with Gasteiger partial charge in [0.15, 0.2) is 0 Å². The minimum absolute atomic E-state index is 0.147. The van der Waals surface area contributed by atoms with Crippen LogP contribution in [0.3, 0.4) is 0 Å². The molecule has 1 N–H and O–H groups in total. The molecule has 0 aromatic heterocycles. The molecule has 0 unspecified atom stereocenters. The minimum atomic E-state index is -0.473. The molecule has 0 aliphatic heterocycles. The molecule has 1 aromatic rings. The van der Waals surface area contributed by atoms with Crippen molar-refractivity contribution >= 4 is 12.0 Å². The van der Waals surface area contributed by atoms with E-state index in [1.807, 2.05) is 20.8 Å². The zero-order valence-electron chi connectivity index (χ0n) is 12.0. The molecule has 0 aliphatic carbocycles. The molecule has 1 rings (SSSR count). The van der Waals surface area contributed by atoms with Crippen LogP contribution in [-0.2, 0) is 14.9 Å². The predicted molar refractivity (Wildman–Crippen MR) is 74.4 cm³/mol. The van der Waals surface area contributed by atoms with Gasteiger partial charge in [-0.3, -0.25) is 0 Å². The number of hydrogen-bond donors (Lipinski definition) is 1. The topological polar surface area (TPSA) is 55.8 Å². The van der Waals surface area contributed by atoms with Gasteiger partial charge < -0.3 is 14.6 Å². The smallest absolute Gasteiger partial charge is 0.330 e. The lowest BCUT2D eigenvalue weighted by atomic mass is 9.85. The van der Waals surface area contributed by atoms with Crippen molar-refractivity contribution in [3.63, 3.8) is 0 Å². The molecule has 19 heavy (non-hydrogen) atoms. The van der Waals surface area contributed by atoms with Crippen molar-refractivity contribution in [3.05, 3.63) is 29.3 Å². The van der Waals surface area contributed by atoms with Gasteiger partial charge in [0.25, 0.3) is 0 Å². The number of methoxy groups -OCH3 is 2. The Morgan fingerprint density at radius 1 is 1.26 bits per heavy atom. The Bertz CT molecular complexity index is 496. The highest BCUT2D eigenvalue weighted by Crippen LogP contribution is 2.37. The van der Waals surface area contributed by atoms with Crippen LogP contribution in [0.15, 0.2) is 18.2 Å². The Hall–Kier alpha value is -1.97. The van der Waals surface area contributed by atoms with Crippen molar-refractivity contribution < 1.29 is 19.4 Å². The number of carbonyl (C=O) groups is 1. The van der Waals surface area contributed by atoms with Crippen molar-refractivity contribution in [2.45, 2.75) is 26.2 Å². The van der Waals surface area contributed by atoms with Gasteiger partial charge in [0.2, 0.25) is 0 Å². The van der Waals surface area contributed by atoms with Gasteiger partial charge in [-0.15, -0.1) is 0 Å². The highest BCUT2D eigenvalue weighted by atomic mass is 16.5. The summed E-state index contributed by atoms with van der Waals surface area (Å²) < 4.78 is 9.74. The van der Waals surface area contributed by atoms with E-state index in [1.165, 1.54) is 19.3 Å². The first-order valence-corrected chi connectivity index (χ1v) is 5.97. The van der Waals surface area contributed by atoms with Crippen molar-refractivity contribution in [1.29, 1.82) is 0 Å². The molecule has 0 radical (unpaired) electrons.